The first kappa shape index (κ1) is 10.0. The van der Waals surface area contributed by atoms with Crippen LogP contribution in [-0.2, 0) is 0 Å². The summed E-state index contributed by atoms with van der Waals surface area (Å²) in [6, 6.07) is 0. The summed E-state index contributed by atoms with van der Waals surface area (Å²) in [5, 5.41) is 8.60. The van der Waals surface area contributed by atoms with Gasteiger partial charge >= 0.3 is 0 Å². The highest BCUT2D eigenvalue weighted by atomic mass is 32.2. The fourth-order valence-electron chi connectivity index (χ4n) is 0.795. The van der Waals surface area contributed by atoms with Crippen molar-refractivity contribution in [2.24, 2.45) is 0 Å². The van der Waals surface area contributed by atoms with Crippen LogP contribution in [0.15, 0.2) is 11.4 Å². The molecule has 0 fully saturated rings. The van der Waals surface area contributed by atoms with Gasteiger partial charge in [-0.15, -0.1) is 34.3 Å². The van der Waals surface area contributed by atoms with Crippen LogP contribution in [0.1, 0.15) is 18.5 Å². The second kappa shape index (κ2) is 5.55. The molecule has 0 N–H and O–H groups in total. The molecule has 0 aliphatic rings. The van der Waals surface area contributed by atoms with Crippen LogP contribution in [0, 0.1) is 19.3 Å². The quantitative estimate of drug-likeness (QED) is 0.414. The Morgan fingerprint density at radius 1 is 1.62 bits per heavy atom. The van der Waals surface area contributed by atoms with Crippen molar-refractivity contribution in [1.82, 2.24) is 15.2 Å². The second-order valence-electron chi connectivity index (χ2n) is 2.51. The summed E-state index contributed by atoms with van der Waals surface area (Å²) in [6.45, 7) is 1.93. The fourth-order valence-corrected chi connectivity index (χ4v) is 1.64. The molecule has 1 aromatic rings. The minimum atomic E-state index is 0.819. The fraction of sp³-hybridized carbons (Fsp3) is 0.444. The van der Waals surface area contributed by atoms with Crippen LogP contribution < -0.4 is 0 Å². The van der Waals surface area contributed by atoms with E-state index in [0.717, 1.165) is 29.3 Å². The third-order valence-corrected chi connectivity index (χ3v) is 2.61. The average Bonchev–Trinajstić information content (AvgIpc) is 2.15. The topological polar surface area (TPSA) is 38.7 Å². The first-order valence-electron chi connectivity index (χ1n) is 4.05. The number of unbranched alkanes of at least 4 members (excludes halogenated alkanes) is 1. The van der Waals surface area contributed by atoms with Gasteiger partial charge in [-0.2, -0.15) is 0 Å². The minimum Gasteiger partial charge on any atom is -0.237 e. The highest BCUT2D eigenvalue weighted by molar-refractivity contribution is 7.99. The van der Waals surface area contributed by atoms with Gasteiger partial charge in [0.25, 0.3) is 0 Å². The lowest BCUT2D eigenvalue weighted by atomic mass is 10.4. The van der Waals surface area contributed by atoms with Crippen LogP contribution in [0.2, 0.25) is 0 Å². The number of hydrogen-bond donors (Lipinski definition) is 0. The molecule has 0 aliphatic carbocycles. The minimum absolute atomic E-state index is 0.819. The molecule has 0 saturated carbocycles. The Kier molecular flexibility index (Phi) is 4.27. The second-order valence-corrected chi connectivity index (χ2v) is 3.59. The Morgan fingerprint density at radius 3 is 3.15 bits per heavy atom. The summed E-state index contributed by atoms with van der Waals surface area (Å²) in [5.74, 6) is 3.58. The van der Waals surface area contributed by atoms with Gasteiger partial charge in [-0.25, -0.2) is 4.98 Å². The first-order chi connectivity index (χ1) is 6.34. The molecule has 0 unspecified atom stereocenters. The van der Waals surface area contributed by atoms with E-state index in [-0.39, 0.29) is 0 Å². The van der Waals surface area contributed by atoms with Crippen molar-refractivity contribution in [1.29, 1.82) is 0 Å². The maximum atomic E-state index is 5.14. The molecule has 0 atom stereocenters. The molecule has 13 heavy (non-hydrogen) atoms. The van der Waals surface area contributed by atoms with Crippen molar-refractivity contribution in [3.8, 4) is 12.3 Å². The number of terminal acetylenes is 1. The molecule has 1 rings (SSSR count). The summed E-state index contributed by atoms with van der Waals surface area (Å²) in [7, 11) is 0. The monoisotopic (exact) mass is 193 g/mol. The van der Waals surface area contributed by atoms with Gasteiger partial charge < -0.3 is 0 Å². The number of aryl methyl sites for hydroxylation is 1. The molecule has 4 heteroatoms. The zero-order valence-electron chi connectivity index (χ0n) is 7.53. The van der Waals surface area contributed by atoms with Crippen LogP contribution in [-0.4, -0.2) is 20.9 Å². The number of rotatable bonds is 4. The lowest BCUT2D eigenvalue weighted by molar-refractivity contribution is 0.841. The summed E-state index contributed by atoms with van der Waals surface area (Å²) in [6.07, 6.45) is 8.43. The van der Waals surface area contributed by atoms with Crippen LogP contribution in [0.3, 0.4) is 0 Å². The molecule has 0 amide bonds. The summed E-state index contributed by atoms with van der Waals surface area (Å²) in [4.78, 5) is 4.04. The van der Waals surface area contributed by atoms with E-state index in [2.05, 4.69) is 21.1 Å². The van der Waals surface area contributed by atoms with Gasteiger partial charge in [0.1, 0.15) is 11.4 Å². The van der Waals surface area contributed by atoms with E-state index < -0.39 is 0 Å². The Bertz CT molecular complexity index is 306. The molecule has 68 valence electrons. The van der Waals surface area contributed by atoms with Crippen molar-refractivity contribution in [3.05, 3.63) is 12.0 Å². The Labute approximate surface area is 82.4 Å². The number of thioether (sulfide) groups is 1. The molecule has 0 aromatic carbocycles. The number of aromatic nitrogens is 3. The predicted molar refractivity (Wildman–Crippen MR) is 53.4 cm³/mol. The summed E-state index contributed by atoms with van der Waals surface area (Å²) < 4.78 is 0. The Morgan fingerprint density at radius 2 is 2.46 bits per heavy atom. The lowest BCUT2D eigenvalue weighted by Crippen LogP contribution is -1.93. The van der Waals surface area contributed by atoms with Crippen molar-refractivity contribution < 1.29 is 0 Å². The summed E-state index contributed by atoms with van der Waals surface area (Å²) >= 11 is 1.66. The largest absolute Gasteiger partial charge is 0.237 e. The first-order valence-corrected chi connectivity index (χ1v) is 5.03. The van der Waals surface area contributed by atoms with Crippen molar-refractivity contribution in [3.63, 3.8) is 0 Å². The smallest absolute Gasteiger partial charge is 0.140 e. The highest BCUT2D eigenvalue weighted by Crippen LogP contribution is 2.17. The van der Waals surface area contributed by atoms with E-state index in [4.69, 9.17) is 6.42 Å². The number of nitrogens with zero attached hydrogens (tertiary/aromatic N) is 3. The van der Waals surface area contributed by atoms with Gasteiger partial charge in [0.05, 0.1) is 5.69 Å². The van der Waals surface area contributed by atoms with Crippen LogP contribution in [0.25, 0.3) is 0 Å². The van der Waals surface area contributed by atoms with E-state index >= 15 is 0 Å². The average molecular weight is 193 g/mol. The normalized spacial score (nSPS) is 9.54. The van der Waals surface area contributed by atoms with Gasteiger partial charge in [-0.3, -0.25) is 0 Å². The van der Waals surface area contributed by atoms with Crippen LogP contribution in [0.4, 0.5) is 0 Å². The van der Waals surface area contributed by atoms with Crippen LogP contribution >= 0.6 is 11.8 Å². The molecule has 0 saturated heterocycles. The molecule has 1 aromatic heterocycles. The number of hydrogen-bond acceptors (Lipinski definition) is 4. The molecular weight excluding hydrogens is 182 g/mol. The predicted octanol–water partition coefficient (Wildman–Crippen LogP) is 1.69. The lowest BCUT2D eigenvalue weighted by Gasteiger charge is -1.99. The van der Waals surface area contributed by atoms with Crippen molar-refractivity contribution in [2.75, 3.05) is 5.75 Å². The van der Waals surface area contributed by atoms with E-state index in [1.165, 1.54) is 6.33 Å². The molecular formula is C9H11N3S. The molecule has 0 aliphatic heterocycles. The third kappa shape index (κ3) is 3.43. The van der Waals surface area contributed by atoms with Crippen LogP contribution in [0.5, 0.6) is 0 Å². The van der Waals surface area contributed by atoms with E-state index in [0.29, 0.717) is 0 Å². The standard InChI is InChI=1S/C9H11N3S/c1-3-4-5-6-13-9-8(2)10-7-11-12-9/h1,7H,4-6H2,2H3. The zero-order chi connectivity index (χ0) is 9.52. The van der Waals surface area contributed by atoms with Crippen molar-refractivity contribution in [2.45, 2.75) is 24.8 Å². The Hall–Kier alpha value is -1.08. The molecule has 1 heterocycles. The summed E-state index contributed by atoms with van der Waals surface area (Å²) in [5.41, 5.74) is 0.931. The molecule has 0 bridgehead atoms. The zero-order valence-corrected chi connectivity index (χ0v) is 8.34. The molecule has 3 nitrogen and oxygen atoms in total. The van der Waals surface area contributed by atoms with Gasteiger partial charge in [0, 0.05) is 12.2 Å². The highest BCUT2D eigenvalue weighted by Gasteiger charge is 2.00. The molecule has 0 spiro atoms. The van der Waals surface area contributed by atoms with E-state index in [9.17, 15) is 0 Å². The molecule has 0 radical (unpaired) electrons. The van der Waals surface area contributed by atoms with Gasteiger partial charge in [0.2, 0.25) is 0 Å². The third-order valence-electron chi connectivity index (χ3n) is 1.47. The van der Waals surface area contributed by atoms with Gasteiger partial charge in [-0.05, 0) is 13.3 Å². The van der Waals surface area contributed by atoms with Gasteiger partial charge in [0.15, 0.2) is 0 Å². The van der Waals surface area contributed by atoms with Gasteiger partial charge in [-0.1, -0.05) is 0 Å². The maximum Gasteiger partial charge on any atom is 0.140 e. The maximum absolute atomic E-state index is 5.14. The Balaban J connectivity index is 2.37. The van der Waals surface area contributed by atoms with Crippen molar-refractivity contribution >= 4 is 11.8 Å². The van der Waals surface area contributed by atoms with E-state index in [1.807, 2.05) is 6.92 Å². The van der Waals surface area contributed by atoms with E-state index in [1.54, 1.807) is 11.8 Å². The SMILES string of the molecule is C#CCCCSc1nncnc1C.